The standard InChI is InChI=1S/C22H16N4O9/c1-10(27)11-4-3-5-12(8-11)23-21(31)18(28)16(19(29)22(32)35-2)17-20(30)25-15-9-13(26(33)34)6-7-14(15)24-17/h3-9,16H,1-2H3,(H,23,31)(H,25,30)/t16-/m0/s1. The van der Waals surface area contributed by atoms with Gasteiger partial charge in [0, 0.05) is 23.4 Å². The van der Waals surface area contributed by atoms with Crippen LogP contribution >= 0.6 is 0 Å². The van der Waals surface area contributed by atoms with Gasteiger partial charge in [-0.25, -0.2) is 9.78 Å². The van der Waals surface area contributed by atoms with E-state index in [2.05, 4.69) is 20.0 Å². The maximum Gasteiger partial charge on any atom is 0.375 e. The number of ether oxygens (including phenoxy) is 1. The van der Waals surface area contributed by atoms with Crippen molar-refractivity contribution in [2.45, 2.75) is 12.8 Å². The number of H-pyrrole nitrogens is 1. The van der Waals surface area contributed by atoms with Crippen molar-refractivity contribution < 1.29 is 33.6 Å². The Kier molecular flexibility index (Phi) is 6.90. The number of carbonyl (C=O) groups excluding carboxylic acids is 5. The minimum Gasteiger partial charge on any atom is -0.463 e. The second-order valence-electron chi connectivity index (χ2n) is 7.15. The predicted molar refractivity (Wildman–Crippen MR) is 119 cm³/mol. The Morgan fingerprint density at radius 1 is 1.09 bits per heavy atom. The fourth-order valence-electron chi connectivity index (χ4n) is 3.12. The van der Waals surface area contributed by atoms with E-state index in [0.717, 1.165) is 25.3 Å². The summed E-state index contributed by atoms with van der Waals surface area (Å²) < 4.78 is 4.35. The van der Waals surface area contributed by atoms with Crippen LogP contribution in [-0.4, -0.2) is 51.2 Å². The normalized spacial score (nSPS) is 11.4. The Morgan fingerprint density at radius 3 is 2.43 bits per heavy atom. The molecule has 0 unspecified atom stereocenters. The number of anilines is 1. The molecule has 1 amide bonds. The number of non-ortho nitro benzene ring substituents is 1. The van der Waals surface area contributed by atoms with Crippen LogP contribution in [0.25, 0.3) is 11.0 Å². The summed E-state index contributed by atoms with van der Waals surface area (Å²) in [6.45, 7) is 1.30. The molecule has 178 valence electrons. The summed E-state index contributed by atoms with van der Waals surface area (Å²) in [6.07, 6.45) is 0. The summed E-state index contributed by atoms with van der Waals surface area (Å²) in [6, 6.07) is 8.84. The lowest BCUT2D eigenvalue weighted by atomic mass is 9.94. The van der Waals surface area contributed by atoms with Crippen LogP contribution < -0.4 is 10.9 Å². The van der Waals surface area contributed by atoms with Gasteiger partial charge in [0.1, 0.15) is 11.6 Å². The van der Waals surface area contributed by atoms with Gasteiger partial charge in [-0.15, -0.1) is 0 Å². The van der Waals surface area contributed by atoms with Crippen LogP contribution in [0.2, 0.25) is 0 Å². The molecule has 1 heterocycles. The van der Waals surface area contributed by atoms with E-state index >= 15 is 0 Å². The van der Waals surface area contributed by atoms with Gasteiger partial charge < -0.3 is 15.0 Å². The zero-order valence-electron chi connectivity index (χ0n) is 18.2. The van der Waals surface area contributed by atoms with Gasteiger partial charge in [0.05, 0.1) is 23.1 Å². The maximum atomic E-state index is 13.0. The second-order valence-corrected chi connectivity index (χ2v) is 7.15. The molecule has 0 aliphatic carbocycles. The molecule has 3 aromatic rings. The topological polar surface area (TPSA) is 196 Å². The summed E-state index contributed by atoms with van der Waals surface area (Å²) in [4.78, 5) is 90.8. The number of hydrogen-bond donors (Lipinski definition) is 2. The zero-order valence-corrected chi connectivity index (χ0v) is 18.2. The Morgan fingerprint density at radius 2 is 1.80 bits per heavy atom. The first-order chi connectivity index (χ1) is 16.5. The Balaban J connectivity index is 2.06. The fraction of sp³-hybridized carbons (Fsp3) is 0.136. The third kappa shape index (κ3) is 5.13. The van der Waals surface area contributed by atoms with Gasteiger partial charge in [-0.1, -0.05) is 12.1 Å². The summed E-state index contributed by atoms with van der Waals surface area (Å²) in [5, 5.41) is 13.2. The number of methoxy groups -OCH3 is 1. The van der Waals surface area contributed by atoms with E-state index in [-0.39, 0.29) is 33.8 Å². The van der Waals surface area contributed by atoms with E-state index in [9.17, 15) is 38.9 Å². The molecule has 0 fully saturated rings. The van der Waals surface area contributed by atoms with Gasteiger partial charge in [-0.3, -0.25) is 34.1 Å². The van der Waals surface area contributed by atoms with Crippen molar-refractivity contribution in [3.63, 3.8) is 0 Å². The number of amides is 1. The van der Waals surface area contributed by atoms with E-state index < -0.39 is 45.5 Å². The van der Waals surface area contributed by atoms with Crippen LogP contribution in [0.1, 0.15) is 28.9 Å². The van der Waals surface area contributed by atoms with Crippen LogP contribution in [0.5, 0.6) is 0 Å². The number of aromatic nitrogens is 2. The van der Waals surface area contributed by atoms with Crippen molar-refractivity contribution in [3.05, 3.63) is 74.2 Å². The minimum absolute atomic E-state index is 0.0461. The average Bonchev–Trinajstić information content (AvgIpc) is 2.83. The molecule has 0 aliphatic heterocycles. The molecule has 0 bridgehead atoms. The Bertz CT molecular complexity index is 1480. The van der Waals surface area contributed by atoms with Gasteiger partial charge in [0.2, 0.25) is 5.78 Å². The highest BCUT2D eigenvalue weighted by Gasteiger charge is 2.40. The van der Waals surface area contributed by atoms with Gasteiger partial charge >= 0.3 is 5.97 Å². The van der Waals surface area contributed by atoms with Crippen molar-refractivity contribution in [2.24, 2.45) is 0 Å². The maximum absolute atomic E-state index is 13.0. The van der Waals surface area contributed by atoms with Crippen LogP contribution in [0, 0.1) is 10.1 Å². The number of nitro benzene ring substituents is 1. The highest BCUT2D eigenvalue weighted by molar-refractivity contribution is 6.52. The number of fused-ring (bicyclic) bond motifs is 1. The second kappa shape index (κ2) is 9.82. The van der Waals surface area contributed by atoms with Gasteiger partial charge in [0.25, 0.3) is 22.9 Å². The highest BCUT2D eigenvalue weighted by atomic mass is 16.6. The molecule has 13 heteroatoms. The lowest BCUT2D eigenvalue weighted by Crippen LogP contribution is -2.39. The molecule has 0 spiro atoms. The summed E-state index contributed by atoms with van der Waals surface area (Å²) in [5.41, 5.74) is -2.09. The number of Topliss-reactive ketones (excluding diaryl/α,β-unsaturated/α-hetero) is 3. The van der Waals surface area contributed by atoms with Gasteiger partial charge in [0.15, 0.2) is 5.78 Å². The largest absolute Gasteiger partial charge is 0.463 e. The van der Waals surface area contributed by atoms with Crippen molar-refractivity contribution in [1.82, 2.24) is 9.97 Å². The van der Waals surface area contributed by atoms with Crippen LogP contribution in [0.4, 0.5) is 11.4 Å². The van der Waals surface area contributed by atoms with E-state index in [1.165, 1.54) is 31.2 Å². The quantitative estimate of drug-likeness (QED) is 0.117. The highest BCUT2D eigenvalue weighted by Crippen LogP contribution is 2.21. The SMILES string of the molecule is COC(=O)C(=O)[C@H](C(=O)C(=O)Nc1cccc(C(C)=O)c1)c1nc2ccc([N+](=O)[O-])cc2[nH]c1=O. The molecule has 3 rings (SSSR count). The number of rotatable bonds is 8. The molecule has 0 radical (unpaired) electrons. The molecule has 0 saturated heterocycles. The molecule has 1 atom stereocenters. The molecule has 0 saturated carbocycles. The number of carbonyl (C=O) groups is 5. The molecular formula is C22H16N4O9. The first-order valence-electron chi connectivity index (χ1n) is 9.80. The first kappa shape index (κ1) is 24.6. The third-order valence-corrected chi connectivity index (χ3v) is 4.85. The predicted octanol–water partition coefficient (Wildman–Crippen LogP) is 1.07. The van der Waals surface area contributed by atoms with E-state index in [1.54, 1.807) is 0 Å². The van der Waals surface area contributed by atoms with E-state index in [1.807, 2.05) is 0 Å². The summed E-state index contributed by atoms with van der Waals surface area (Å²) in [5.74, 6) is -8.45. The van der Waals surface area contributed by atoms with Crippen LogP contribution in [0.15, 0.2) is 47.3 Å². The number of nitro groups is 1. The zero-order chi connectivity index (χ0) is 25.9. The van der Waals surface area contributed by atoms with Crippen molar-refractivity contribution in [3.8, 4) is 0 Å². The van der Waals surface area contributed by atoms with Crippen LogP contribution in [-0.2, 0) is 23.9 Å². The number of nitrogens with zero attached hydrogens (tertiary/aromatic N) is 2. The minimum atomic E-state index is -2.26. The molecule has 35 heavy (non-hydrogen) atoms. The number of benzene rings is 2. The number of nitrogens with one attached hydrogen (secondary N) is 2. The Labute approximate surface area is 195 Å². The number of ketones is 3. The summed E-state index contributed by atoms with van der Waals surface area (Å²) in [7, 11) is 0.867. The number of esters is 1. The van der Waals surface area contributed by atoms with Gasteiger partial charge in [-0.2, -0.15) is 0 Å². The average molecular weight is 480 g/mol. The summed E-state index contributed by atoms with van der Waals surface area (Å²) >= 11 is 0. The third-order valence-electron chi connectivity index (χ3n) is 4.85. The van der Waals surface area contributed by atoms with E-state index in [0.29, 0.717) is 0 Å². The number of hydrogen-bond acceptors (Lipinski definition) is 10. The van der Waals surface area contributed by atoms with Crippen molar-refractivity contribution >= 4 is 51.6 Å². The van der Waals surface area contributed by atoms with Crippen molar-refractivity contribution in [2.75, 3.05) is 12.4 Å². The van der Waals surface area contributed by atoms with Gasteiger partial charge in [-0.05, 0) is 25.1 Å². The first-order valence-corrected chi connectivity index (χ1v) is 9.80. The lowest BCUT2D eigenvalue weighted by molar-refractivity contribution is -0.384. The number of aromatic amines is 1. The molecule has 2 aromatic carbocycles. The fourth-order valence-corrected chi connectivity index (χ4v) is 3.12. The lowest BCUT2D eigenvalue weighted by Gasteiger charge is -2.13. The molecule has 2 N–H and O–H groups in total. The molecular weight excluding hydrogens is 464 g/mol. The molecule has 13 nitrogen and oxygen atoms in total. The molecule has 0 aliphatic rings. The molecule has 1 aromatic heterocycles. The van der Waals surface area contributed by atoms with E-state index in [4.69, 9.17) is 0 Å². The Hall–Kier alpha value is -5.07. The monoisotopic (exact) mass is 480 g/mol. The smallest absolute Gasteiger partial charge is 0.375 e. The van der Waals surface area contributed by atoms with Crippen LogP contribution in [0.3, 0.4) is 0 Å². The van der Waals surface area contributed by atoms with Crippen molar-refractivity contribution in [1.29, 1.82) is 0 Å².